The third kappa shape index (κ3) is 2.17. The van der Waals surface area contributed by atoms with Crippen LogP contribution >= 0.6 is 0 Å². The van der Waals surface area contributed by atoms with Gasteiger partial charge in [-0.15, -0.1) is 0 Å². The van der Waals surface area contributed by atoms with Gasteiger partial charge < -0.3 is 0 Å². The van der Waals surface area contributed by atoms with Gasteiger partial charge in [0.25, 0.3) is 5.56 Å². The van der Waals surface area contributed by atoms with E-state index < -0.39 is 0 Å². The highest BCUT2D eigenvalue weighted by atomic mass is 16.1. The van der Waals surface area contributed by atoms with E-state index in [1.54, 1.807) is 12.3 Å². The zero-order valence-corrected chi connectivity index (χ0v) is 8.61. The Bertz CT molecular complexity index is 339. The van der Waals surface area contributed by atoms with E-state index in [9.17, 15) is 4.79 Å². The number of nitrogens with zero attached hydrogens (tertiary/aromatic N) is 2. The summed E-state index contributed by atoms with van der Waals surface area (Å²) in [6.45, 7) is 8.00. The first kappa shape index (κ1) is 9.96. The largest absolute Gasteiger partial charge is 0.268 e. The number of aromatic nitrogens is 2. The van der Waals surface area contributed by atoms with E-state index in [1.807, 2.05) is 13.8 Å². The summed E-state index contributed by atoms with van der Waals surface area (Å²) in [4.78, 5) is 11.5. The highest BCUT2D eigenvalue weighted by Gasteiger charge is 2.05. The summed E-state index contributed by atoms with van der Waals surface area (Å²) in [7, 11) is 0. The van der Waals surface area contributed by atoms with Crippen molar-refractivity contribution in [3.05, 3.63) is 28.2 Å². The molecule has 1 aromatic heterocycles. The fraction of sp³-hybridized carbons (Fsp3) is 0.600. The summed E-state index contributed by atoms with van der Waals surface area (Å²) in [5, 5.41) is 4.10. The third-order valence-electron chi connectivity index (χ3n) is 2.00. The lowest BCUT2D eigenvalue weighted by Gasteiger charge is -2.09. The molecular formula is C10H16N2O. The maximum absolute atomic E-state index is 11.5. The van der Waals surface area contributed by atoms with E-state index in [2.05, 4.69) is 18.9 Å². The second kappa shape index (κ2) is 3.73. The zero-order valence-electron chi connectivity index (χ0n) is 8.61. The fourth-order valence-corrected chi connectivity index (χ4v) is 1.14. The minimum absolute atomic E-state index is 0.0128. The fourth-order valence-electron chi connectivity index (χ4n) is 1.14. The Labute approximate surface area is 78.4 Å². The lowest BCUT2D eigenvalue weighted by Crippen LogP contribution is -2.24. The Hall–Kier alpha value is -1.12. The molecule has 0 aromatic carbocycles. The summed E-state index contributed by atoms with van der Waals surface area (Å²) in [6.07, 6.45) is 1.77. The predicted molar refractivity (Wildman–Crippen MR) is 53.0 cm³/mol. The molecule has 1 rings (SSSR count). The Kier molecular flexibility index (Phi) is 2.86. The molecule has 0 aliphatic rings. The molecule has 72 valence electrons. The highest BCUT2D eigenvalue weighted by molar-refractivity contribution is 5.10. The summed E-state index contributed by atoms with van der Waals surface area (Å²) < 4.78 is 1.49. The van der Waals surface area contributed by atoms with Crippen molar-refractivity contribution < 1.29 is 0 Å². The van der Waals surface area contributed by atoms with Crippen molar-refractivity contribution in [2.75, 3.05) is 0 Å². The molecule has 1 heterocycles. The Morgan fingerprint density at radius 3 is 2.31 bits per heavy atom. The molecule has 0 atom stereocenters. The maximum atomic E-state index is 11.5. The van der Waals surface area contributed by atoms with Gasteiger partial charge in [-0.3, -0.25) is 4.79 Å². The molecule has 0 saturated carbocycles. The predicted octanol–water partition coefficient (Wildman–Crippen LogP) is 1.95. The molecular weight excluding hydrogens is 164 g/mol. The van der Waals surface area contributed by atoms with E-state index in [0.29, 0.717) is 5.92 Å². The molecule has 0 radical (unpaired) electrons. The van der Waals surface area contributed by atoms with Gasteiger partial charge >= 0.3 is 0 Å². The second-order valence-electron chi connectivity index (χ2n) is 3.82. The Balaban J connectivity index is 3.14. The molecule has 0 N–H and O–H groups in total. The second-order valence-corrected chi connectivity index (χ2v) is 3.82. The third-order valence-corrected chi connectivity index (χ3v) is 2.00. The van der Waals surface area contributed by atoms with Crippen LogP contribution in [0.25, 0.3) is 0 Å². The van der Waals surface area contributed by atoms with Gasteiger partial charge in [0.1, 0.15) is 0 Å². The van der Waals surface area contributed by atoms with Crippen LogP contribution in [-0.2, 0) is 0 Å². The molecule has 0 fully saturated rings. The number of hydrogen-bond donors (Lipinski definition) is 0. The first-order valence-corrected chi connectivity index (χ1v) is 4.61. The molecule has 0 bridgehead atoms. The molecule has 0 saturated heterocycles. The van der Waals surface area contributed by atoms with Crippen molar-refractivity contribution in [1.82, 2.24) is 9.78 Å². The van der Waals surface area contributed by atoms with Gasteiger partial charge in [0, 0.05) is 6.07 Å². The van der Waals surface area contributed by atoms with Crippen molar-refractivity contribution in [3.63, 3.8) is 0 Å². The molecule has 3 nitrogen and oxygen atoms in total. The number of rotatable bonds is 2. The molecule has 3 heteroatoms. The minimum atomic E-state index is -0.0128. The van der Waals surface area contributed by atoms with Crippen molar-refractivity contribution >= 4 is 0 Å². The lowest BCUT2D eigenvalue weighted by atomic mass is 10.1. The van der Waals surface area contributed by atoms with Crippen molar-refractivity contribution in [2.24, 2.45) is 0 Å². The van der Waals surface area contributed by atoms with Gasteiger partial charge in [-0.05, 0) is 25.3 Å². The molecule has 13 heavy (non-hydrogen) atoms. The first-order valence-electron chi connectivity index (χ1n) is 4.61. The van der Waals surface area contributed by atoms with Gasteiger partial charge in [-0.25, -0.2) is 4.68 Å². The van der Waals surface area contributed by atoms with E-state index in [-0.39, 0.29) is 11.6 Å². The normalized spacial score (nSPS) is 11.2. The van der Waals surface area contributed by atoms with Crippen LogP contribution in [0.5, 0.6) is 0 Å². The monoisotopic (exact) mass is 180 g/mol. The molecule has 0 aliphatic carbocycles. The van der Waals surface area contributed by atoms with Crippen LogP contribution in [0.1, 0.15) is 45.2 Å². The standard InChI is InChI=1S/C10H16N2O/c1-7(2)9-5-10(13)12(8(3)4)11-6-9/h5-8H,1-4H3. The van der Waals surface area contributed by atoms with Crippen LogP contribution in [0.15, 0.2) is 17.1 Å². The zero-order chi connectivity index (χ0) is 10.0. The van der Waals surface area contributed by atoms with Crippen LogP contribution in [-0.4, -0.2) is 9.78 Å². The molecule has 0 aliphatic heterocycles. The first-order chi connectivity index (χ1) is 6.02. The molecule has 0 amide bonds. The van der Waals surface area contributed by atoms with Gasteiger partial charge in [0.2, 0.25) is 0 Å². The minimum Gasteiger partial charge on any atom is -0.268 e. The summed E-state index contributed by atoms with van der Waals surface area (Å²) >= 11 is 0. The summed E-state index contributed by atoms with van der Waals surface area (Å²) in [5.41, 5.74) is 0.989. The van der Waals surface area contributed by atoms with Crippen LogP contribution < -0.4 is 5.56 Å². The van der Waals surface area contributed by atoms with Crippen molar-refractivity contribution in [3.8, 4) is 0 Å². The topological polar surface area (TPSA) is 34.9 Å². The van der Waals surface area contributed by atoms with E-state index in [0.717, 1.165) is 5.56 Å². The highest BCUT2D eigenvalue weighted by Crippen LogP contribution is 2.10. The van der Waals surface area contributed by atoms with Crippen LogP contribution in [0, 0.1) is 0 Å². The van der Waals surface area contributed by atoms with Crippen LogP contribution in [0.4, 0.5) is 0 Å². The van der Waals surface area contributed by atoms with Crippen LogP contribution in [0.2, 0.25) is 0 Å². The Morgan fingerprint density at radius 1 is 1.31 bits per heavy atom. The maximum Gasteiger partial charge on any atom is 0.267 e. The van der Waals surface area contributed by atoms with Gasteiger partial charge in [0.05, 0.1) is 12.2 Å². The van der Waals surface area contributed by atoms with Gasteiger partial charge in [-0.1, -0.05) is 13.8 Å². The summed E-state index contributed by atoms with van der Waals surface area (Å²) in [5.74, 6) is 0.363. The SMILES string of the molecule is CC(C)c1cnn(C(C)C)c(=O)c1. The van der Waals surface area contributed by atoms with E-state index >= 15 is 0 Å². The lowest BCUT2D eigenvalue weighted by molar-refractivity contribution is 0.499. The molecule has 0 unspecified atom stereocenters. The van der Waals surface area contributed by atoms with Crippen LogP contribution in [0.3, 0.4) is 0 Å². The van der Waals surface area contributed by atoms with E-state index in [1.165, 1.54) is 4.68 Å². The van der Waals surface area contributed by atoms with Gasteiger partial charge in [-0.2, -0.15) is 5.10 Å². The molecule has 1 aromatic rings. The Morgan fingerprint density at radius 2 is 1.92 bits per heavy atom. The average molecular weight is 180 g/mol. The van der Waals surface area contributed by atoms with E-state index in [4.69, 9.17) is 0 Å². The number of hydrogen-bond acceptors (Lipinski definition) is 2. The molecule has 0 spiro atoms. The summed E-state index contributed by atoms with van der Waals surface area (Å²) in [6, 6.07) is 1.80. The smallest absolute Gasteiger partial charge is 0.267 e. The van der Waals surface area contributed by atoms with Crippen molar-refractivity contribution in [2.45, 2.75) is 39.7 Å². The van der Waals surface area contributed by atoms with Gasteiger partial charge in [0.15, 0.2) is 0 Å². The quantitative estimate of drug-likeness (QED) is 0.697. The average Bonchev–Trinajstić information content (AvgIpc) is 2.03. The van der Waals surface area contributed by atoms with Crippen molar-refractivity contribution in [1.29, 1.82) is 0 Å².